The Balaban J connectivity index is 2.35. The SMILES string of the molecule is CCCCCCCOC(=O)c1cccc(N)c1Cl. The zero-order chi connectivity index (χ0) is 13.4. The fourth-order valence-electron chi connectivity index (χ4n) is 1.66. The van der Waals surface area contributed by atoms with Crippen LogP contribution in [0.5, 0.6) is 0 Å². The zero-order valence-corrected chi connectivity index (χ0v) is 11.5. The van der Waals surface area contributed by atoms with Gasteiger partial charge in [-0.1, -0.05) is 50.3 Å². The van der Waals surface area contributed by atoms with E-state index in [0.717, 1.165) is 12.8 Å². The molecule has 1 aromatic rings. The predicted octanol–water partition coefficient (Wildman–Crippen LogP) is 4.05. The van der Waals surface area contributed by atoms with Crippen molar-refractivity contribution in [3.05, 3.63) is 28.8 Å². The highest BCUT2D eigenvalue weighted by Gasteiger charge is 2.12. The number of benzene rings is 1. The molecule has 0 unspecified atom stereocenters. The molecule has 1 rings (SSSR count). The maximum Gasteiger partial charge on any atom is 0.339 e. The van der Waals surface area contributed by atoms with Crippen molar-refractivity contribution in [2.45, 2.75) is 39.0 Å². The highest BCUT2D eigenvalue weighted by Crippen LogP contribution is 2.23. The maximum absolute atomic E-state index is 11.7. The summed E-state index contributed by atoms with van der Waals surface area (Å²) >= 11 is 5.94. The van der Waals surface area contributed by atoms with Gasteiger partial charge in [-0.15, -0.1) is 0 Å². The number of hydrogen-bond donors (Lipinski definition) is 1. The van der Waals surface area contributed by atoms with Crippen LogP contribution in [-0.4, -0.2) is 12.6 Å². The summed E-state index contributed by atoms with van der Waals surface area (Å²) in [7, 11) is 0. The monoisotopic (exact) mass is 269 g/mol. The first-order valence-electron chi connectivity index (χ1n) is 6.38. The smallest absolute Gasteiger partial charge is 0.339 e. The number of nitrogens with two attached hydrogens (primary N) is 1. The molecule has 0 bridgehead atoms. The number of carbonyl (C=O) groups excluding carboxylic acids is 1. The molecule has 0 spiro atoms. The Morgan fingerprint density at radius 3 is 2.72 bits per heavy atom. The highest BCUT2D eigenvalue weighted by atomic mass is 35.5. The van der Waals surface area contributed by atoms with E-state index in [9.17, 15) is 4.79 Å². The molecule has 0 atom stereocenters. The van der Waals surface area contributed by atoms with Gasteiger partial charge < -0.3 is 10.5 Å². The van der Waals surface area contributed by atoms with E-state index in [4.69, 9.17) is 22.1 Å². The summed E-state index contributed by atoms with van der Waals surface area (Å²) in [6.45, 7) is 2.61. The van der Waals surface area contributed by atoms with Gasteiger partial charge in [-0.05, 0) is 18.6 Å². The fourth-order valence-corrected chi connectivity index (χ4v) is 1.86. The second-order valence-electron chi connectivity index (χ2n) is 4.26. The number of carbonyl (C=O) groups is 1. The van der Waals surface area contributed by atoms with Gasteiger partial charge in [-0.25, -0.2) is 4.79 Å². The van der Waals surface area contributed by atoms with Crippen molar-refractivity contribution in [1.82, 2.24) is 0 Å². The summed E-state index contributed by atoms with van der Waals surface area (Å²) in [5.41, 5.74) is 6.36. The van der Waals surface area contributed by atoms with E-state index in [1.807, 2.05) is 0 Å². The molecule has 0 fully saturated rings. The number of halogens is 1. The third-order valence-corrected chi connectivity index (χ3v) is 3.15. The third-order valence-electron chi connectivity index (χ3n) is 2.73. The number of esters is 1. The summed E-state index contributed by atoms with van der Waals surface area (Å²) in [5.74, 6) is -0.400. The van der Waals surface area contributed by atoms with Crippen molar-refractivity contribution in [2.24, 2.45) is 0 Å². The highest BCUT2D eigenvalue weighted by molar-refractivity contribution is 6.36. The van der Waals surface area contributed by atoms with Crippen molar-refractivity contribution >= 4 is 23.3 Å². The molecular weight excluding hydrogens is 250 g/mol. The molecule has 0 saturated carbocycles. The molecule has 0 aromatic heterocycles. The molecule has 0 radical (unpaired) electrons. The Labute approximate surface area is 113 Å². The minimum absolute atomic E-state index is 0.272. The first kappa shape index (κ1) is 14.8. The minimum atomic E-state index is -0.400. The van der Waals surface area contributed by atoms with E-state index in [2.05, 4.69) is 6.92 Å². The lowest BCUT2D eigenvalue weighted by Gasteiger charge is -2.07. The predicted molar refractivity (Wildman–Crippen MR) is 74.9 cm³/mol. The van der Waals surface area contributed by atoms with Gasteiger partial charge in [0.2, 0.25) is 0 Å². The van der Waals surface area contributed by atoms with Crippen molar-refractivity contribution in [1.29, 1.82) is 0 Å². The number of rotatable bonds is 7. The Kier molecular flexibility index (Phi) is 6.58. The molecule has 18 heavy (non-hydrogen) atoms. The van der Waals surface area contributed by atoms with Gasteiger partial charge in [0.25, 0.3) is 0 Å². The normalized spacial score (nSPS) is 10.3. The summed E-state index contributed by atoms with van der Waals surface area (Å²) < 4.78 is 5.17. The number of unbranched alkanes of at least 4 members (excludes halogenated alkanes) is 4. The van der Waals surface area contributed by atoms with Crippen LogP contribution >= 0.6 is 11.6 Å². The summed E-state index contributed by atoms with van der Waals surface area (Å²) in [5, 5.41) is 0.272. The molecule has 3 nitrogen and oxygen atoms in total. The van der Waals surface area contributed by atoms with Gasteiger partial charge in [-0.2, -0.15) is 0 Å². The molecule has 0 aliphatic carbocycles. The van der Waals surface area contributed by atoms with Crippen molar-refractivity contribution in [2.75, 3.05) is 12.3 Å². The van der Waals surface area contributed by atoms with Crippen molar-refractivity contribution in [3.8, 4) is 0 Å². The van der Waals surface area contributed by atoms with E-state index in [1.165, 1.54) is 19.3 Å². The first-order valence-corrected chi connectivity index (χ1v) is 6.75. The van der Waals surface area contributed by atoms with Crippen LogP contribution < -0.4 is 5.73 Å². The molecule has 1 aromatic carbocycles. The second-order valence-corrected chi connectivity index (χ2v) is 4.64. The molecule has 0 heterocycles. The van der Waals surface area contributed by atoms with Crippen LogP contribution in [0, 0.1) is 0 Å². The topological polar surface area (TPSA) is 52.3 Å². The number of hydrogen-bond acceptors (Lipinski definition) is 3. The van der Waals surface area contributed by atoms with Crippen LogP contribution in [0.1, 0.15) is 49.4 Å². The average Bonchev–Trinajstić information content (AvgIpc) is 2.36. The molecule has 100 valence electrons. The van der Waals surface area contributed by atoms with Crippen LogP contribution in [0.2, 0.25) is 5.02 Å². The quantitative estimate of drug-likeness (QED) is 0.462. The average molecular weight is 270 g/mol. The van der Waals surface area contributed by atoms with Crippen LogP contribution in [0.25, 0.3) is 0 Å². The van der Waals surface area contributed by atoms with Crippen LogP contribution in [-0.2, 0) is 4.74 Å². The molecule has 2 N–H and O–H groups in total. The first-order chi connectivity index (χ1) is 8.66. The van der Waals surface area contributed by atoms with Crippen LogP contribution in [0.3, 0.4) is 0 Å². The van der Waals surface area contributed by atoms with Gasteiger partial charge in [0.05, 0.1) is 22.9 Å². The zero-order valence-electron chi connectivity index (χ0n) is 10.7. The lowest BCUT2D eigenvalue weighted by atomic mass is 10.2. The number of anilines is 1. The second kappa shape index (κ2) is 7.98. The summed E-state index contributed by atoms with van der Waals surface area (Å²) in [6.07, 6.45) is 5.61. The Bertz CT molecular complexity index is 393. The lowest BCUT2D eigenvalue weighted by molar-refractivity contribution is 0.0498. The summed E-state index contributed by atoms with van der Waals surface area (Å²) in [6, 6.07) is 4.97. The summed E-state index contributed by atoms with van der Waals surface area (Å²) in [4.78, 5) is 11.7. The number of ether oxygens (including phenoxy) is 1. The number of nitrogen functional groups attached to an aromatic ring is 1. The van der Waals surface area contributed by atoms with E-state index in [-0.39, 0.29) is 5.02 Å². The van der Waals surface area contributed by atoms with Gasteiger partial charge in [0.1, 0.15) is 0 Å². The fraction of sp³-hybridized carbons (Fsp3) is 0.500. The minimum Gasteiger partial charge on any atom is -0.462 e. The van der Waals surface area contributed by atoms with Gasteiger partial charge in [0, 0.05) is 0 Å². The molecule has 4 heteroatoms. The van der Waals surface area contributed by atoms with E-state index < -0.39 is 5.97 Å². The van der Waals surface area contributed by atoms with E-state index in [1.54, 1.807) is 18.2 Å². The standard InChI is InChI=1S/C14H20ClNO2/c1-2-3-4-5-6-10-18-14(17)11-8-7-9-12(16)13(11)15/h7-9H,2-6,10,16H2,1H3. The van der Waals surface area contributed by atoms with Gasteiger partial charge in [-0.3, -0.25) is 0 Å². The van der Waals surface area contributed by atoms with Gasteiger partial charge in [0.15, 0.2) is 0 Å². The van der Waals surface area contributed by atoms with Gasteiger partial charge >= 0.3 is 5.97 Å². The molecule has 0 saturated heterocycles. The molecule has 0 aliphatic heterocycles. The van der Waals surface area contributed by atoms with Crippen molar-refractivity contribution < 1.29 is 9.53 Å². The van der Waals surface area contributed by atoms with Crippen molar-refractivity contribution in [3.63, 3.8) is 0 Å². The molecule has 0 aliphatic rings. The molecule has 0 amide bonds. The Morgan fingerprint density at radius 1 is 1.28 bits per heavy atom. The van der Waals surface area contributed by atoms with Crippen LogP contribution in [0.15, 0.2) is 18.2 Å². The maximum atomic E-state index is 11.7. The van der Waals surface area contributed by atoms with E-state index in [0.29, 0.717) is 17.9 Å². The Morgan fingerprint density at radius 2 is 2.00 bits per heavy atom. The lowest BCUT2D eigenvalue weighted by Crippen LogP contribution is -2.08. The van der Waals surface area contributed by atoms with E-state index >= 15 is 0 Å². The largest absolute Gasteiger partial charge is 0.462 e. The molecular formula is C14H20ClNO2. The third kappa shape index (κ3) is 4.57. The Hall–Kier alpha value is -1.22. The van der Waals surface area contributed by atoms with Crippen LogP contribution in [0.4, 0.5) is 5.69 Å².